The van der Waals surface area contributed by atoms with Gasteiger partial charge in [-0.05, 0) is 108 Å². The number of primary amides is 2. The highest BCUT2D eigenvalue weighted by atomic mass is 16.2. The third kappa shape index (κ3) is 4.15. The molecule has 4 aliphatic rings. The Kier molecular flexibility index (Phi) is 5.92. The molecule has 12 heteroatoms. The van der Waals surface area contributed by atoms with Crippen molar-refractivity contribution in [2.45, 2.75) is 68.0 Å². The van der Waals surface area contributed by atoms with E-state index < -0.39 is 22.8 Å². The van der Waals surface area contributed by atoms with Crippen LogP contribution in [0, 0.1) is 17.2 Å². The van der Waals surface area contributed by atoms with Gasteiger partial charge in [-0.25, -0.2) is 5.10 Å². The summed E-state index contributed by atoms with van der Waals surface area (Å²) in [6.07, 6.45) is 5.12. The number of hydrogen-bond donors (Lipinski definition) is 4. The van der Waals surface area contributed by atoms with Gasteiger partial charge in [-0.2, -0.15) is 5.26 Å². The summed E-state index contributed by atoms with van der Waals surface area (Å²) in [4.78, 5) is 39.4. The first kappa shape index (κ1) is 26.3. The number of carbonyl (C=O) groups excluding carboxylic acids is 3. The summed E-state index contributed by atoms with van der Waals surface area (Å²) >= 11 is 0. The van der Waals surface area contributed by atoms with Crippen LogP contribution in [0.2, 0.25) is 0 Å². The van der Waals surface area contributed by atoms with E-state index in [1.165, 1.54) is 0 Å². The SMILES string of the molecule is N#CC1C[C@@H]2C[C@@H]2N1C(=O)CNC1(CC2(c3nnn[nH]3)c3ccc(C(N)=O)cc3CCc3cc(C(N)=O)ccc32)CC1. The summed E-state index contributed by atoms with van der Waals surface area (Å²) in [7, 11) is 0. The van der Waals surface area contributed by atoms with Gasteiger partial charge in [0.05, 0.1) is 18.0 Å². The van der Waals surface area contributed by atoms with E-state index in [0.717, 1.165) is 47.9 Å². The Balaban J connectivity index is 1.31. The molecule has 2 heterocycles. The van der Waals surface area contributed by atoms with Crippen molar-refractivity contribution in [1.29, 1.82) is 5.26 Å². The minimum atomic E-state index is -0.895. The lowest BCUT2D eigenvalue weighted by Crippen LogP contribution is -2.48. The van der Waals surface area contributed by atoms with Crippen molar-refractivity contribution in [2.75, 3.05) is 6.54 Å². The van der Waals surface area contributed by atoms with Crippen molar-refractivity contribution in [3.05, 3.63) is 75.6 Å². The Labute approximate surface area is 241 Å². The average Bonchev–Trinajstić information content (AvgIpc) is 3.83. The Morgan fingerprint density at radius 1 is 1.02 bits per heavy atom. The number of H-pyrrole nitrogens is 1. The van der Waals surface area contributed by atoms with Crippen molar-refractivity contribution in [1.82, 2.24) is 30.8 Å². The number of tetrazole rings is 1. The van der Waals surface area contributed by atoms with Gasteiger partial charge in [0.2, 0.25) is 17.7 Å². The Hall–Kier alpha value is -4.63. The molecule has 2 aromatic carbocycles. The van der Waals surface area contributed by atoms with Gasteiger partial charge in [0, 0.05) is 22.7 Å². The topological polar surface area (TPSA) is 197 Å². The lowest BCUT2D eigenvalue weighted by Gasteiger charge is -2.38. The minimum absolute atomic E-state index is 0.0490. The van der Waals surface area contributed by atoms with Crippen LogP contribution in [0.4, 0.5) is 0 Å². The molecule has 1 aliphatic heterocycles. The van der Waals surface area contributed by atoms with E-state index in [9.17, 15) is 19.6 Å². The fourth-order valence-electron chi connectivity index (χ4n) is 7.38. The van der Waals surface area contributed by atoms with E-state index in [-0.39, 0.29) is 24.5 Å². The number of hydrogen-bond acceptors (Lipinski definition) is 8. The molecule has 3 aliphatic carbocycles. The van der Waals surface area contributed by atoms with Gasteiger partial charge in [-0.1, -0.05) is 12.1 Å². The zero-order valence-corrected chi connectivity index (χ0v) is 23.0. The normalized spacial score (nSPS) is 24.0. The van der Waals surface area contributed by atoms with Crippen LogP contribution in [0.15, 0.2) is 36.4 Å². The highest BCUT2D eigenvalue weighted by Crippen LogP contribution is 2.54. The fraction of sp³-hybridized carbons (Fsp3) is 0.433. The predicted molar refractivity (Wildman–Crippen MR) is 149 cm³/mol. The quantitative estimate of drug-likeness (QED) is 0.308. The molecular weight excluding hydrogens is 534 g/mol. The second-order valence-electron chi connectivity index (χ2n) is 12.2. The van der Waals surface area contributed by atoms with E-state index in [2.05, 4.69) is 32.0 Å². The smallest absolute Gasteiger partial charge is 0.248 e. The minimum Gasteiger partial charge on any atom is -0.366 e. The third-order valence-electron chi connectivity index (χ3n) is 9.73. The van der Waals surface area contributed by atoms with Crippen molar-refractivity contribution in [2.24, 2.45) is 17.4 Å². The van der Waals surface area contributed by atoms with Crippen LogP contribution in [0.5, 0.6) is 0 Å². The largest absolute Gasteiger partial charge is 0.366 e. The predicted octanol–water partition coefficient (Wildman–Crippen LogP) is 0.856. The highest BCUT2D eigenvalue weighted by molar-refractivity contribution is 5.94. The lowest BCUT2D eigenvalue weighted by molar-refractivity contribution is -0.131. The van der Waals surface area contributed by atoms with Gasteiger partial charge in [-0.3, -0.25) is 14.4 Å². The molecular formula is C30H31N9O3. The molecule has 2 saturated carbocycles. The maximum atomic E-state index is 13.4. The summed E-state index contributed by atoms with van der Waals surface area (Å²) in [6, 6.07) is 13.1. The maximum absolute atomic E-state index is 13.4. The van der Waals surface area contributed by atoms with Crippen molar-refractivity contribution < 1.29 is 14.4 Å². The maximum Gasteiger partial charge on any atom is 0.248 e. The summed E-state index contributed by atoms with van der Waals surface area (Å²) < 4.78 is 0. The van der Waals surface area contributed by atoms with E-state index >= 15 is 0 Å². The molecule has 0 radical (unpaired) electrons. The number of aromatic amines is 1. The van der Waals surface area contributed by atoms with E-state index in [1.807, 2.05) is 24.3 Å². The number of fused-ring (bicyclic) bond motifs is 3. The molecule has 7 rings (SSSR count). The van der Waals surface area contributed by atoms with Gasteiger partial charge >= 0.3 is 0 Å². The fourth-order valence-corrected chi connectivity index (χ4v) is 7.38. The van der Waals surface area contributed by atoms with Crippen LogP contribution < -0.4 is 16.8 Å². The average molecular weight is 566 g/mol. The molecule has 214 valence electrons. The van der Waals surface area contributed by atoms with Crippen molar-refractivity contribution >= 4 is 17.7 Å². The molecule has 3 aromatic rings. The molecule has 1 unspecified atom stereocenters. The van der Waals surface area contributed by atoms with Crippen LogP contribution in [0.3, 0.4) is 0 Å². The van der Waals surface area contributed by atoms with Crippen LogP contribution in [0.25, 0.3) is 0 Å². The number of rotatable bonds is 8. The van der Waals surface area contributed by atoms with Crippen LogP contribution in [0.1, 0.15) is 80.9 Å². The Morgan fingerprint density at radius 2 is 1.67 bits per heavy atom. The van der Waals surface area contributed by atoms with Gasteiger partial charge < -0.3 is 21.7 Å². The van der Waals surface area contributed by atoms with Crippen molar-refractivity contribution in [3.8, 4) is 6.07 Å². The third-order valence-corrected chi connectivity index (χ3v) is 9.73. The number of nitriles is 1. The standard InChI is InChI=1S/C30H31N9O3/c31-13-21-11-20-12-24(20)39(21)25(40)14-34-29(7-8-29)15-30(28-35-37-38-36-28)22-5-3-18(26(32)41)9-16(22)1-2-17-10-19(27(33)42)4-6-23(17)30/h3-6,9-10,20-21,24,34H,1-2,7-8,11-12,14-15H2,(H2,32,41)(H2,33,42)(H,35,36,37,38)/t20-,21?,24+/m1/s1. The van der Waals surface area contributed by atoms with Gasteiger partial charge in [0.25, 0.3) is 0 Å². The van der Waals surface area contributed by atoms with Gasteiger partial charge in [-0.15, -0.1) is 5.10 Å². The number of nitrogens with zero attached hydrogens (tertiary/aromatic N) is 5. The Bertz CT molecular complexity index is 1590. The van der Waals surface area contributed by atoms with Crippen LogP contribution >= 0.6 is 0 Å². The van der Waals surface area contributed by atoms with E-state index in [4.69, 9.17) is 11.5 Å². The number of amides is 3. The molecule has 3 amide bonds. The van der Waals surface area contributed by atoms with Crippen LogP contribution in [-0.4, -0.2) is 67.4 Å². The highest BCUT2D eigenvalue weighted by Gasteiger charge is 2.56. The number of nitrogens with two attached hydrogens (primary N) is 2. The second kappa shape index (κ2) is 9.46. The number of nitrogens with one attached hydrogen (secondary N) is 2. The van der Waals surface area contributed by atoms with Crippen molar-refractivity contribution in [3.63, 3.8) is 0 Å². The van der Waals surface area contributed by atoms with Crippen LogP contribution in [-0.2, 0) is 23.1 Å². The lowest BCUT2D eigenvalue weighted by atomic mass is 9.67. The van der Waals surface area contributed by atoms with E-state index in [0.29, 0.717) is 42.1 Å². The molecule has 3 fully saturated rings. The molecule has 3 atom stereocenters. The Morgan fingerprint density at radius 3 is 2.19 bits per heavy atom. The molecule has 42 heavy (non-hydrogen) atoms. The molecule has 0 spiro atoms. The zero-order chi connectivity index (χ0) is 29.2. The first-order chi connectivity index (χ1) is 20.2. The second-order valence-corrected chi connectivity index (χ2v) is 12.2. The monoisotopic (exact) mass is 565 g/mol. The first-order valence-electron chi connectivity index (χ1n) is 14.3. The molecule has 6 N–H and O–H groups in total. The van der Waals surface area contributed by atoms with E-state index in [1.54, 1.807) is 17.0 Å². The number of aromatic nitrogens is 4. The molecule has 1 aromatic heterocycles. The summed E-state index contributed by atoms with van der Waals surface area (Å²) in [5.74, 6) is -0.110. The first-order valence-corrected chi connectivity index (χ1v) is 14.3. The number of piperidine rings is 1. The molecule has 1 saturated heterocycles. The zero-order valence-electron chi connectivity index (χ0n) is 23.0. The number of likely N-dealkylation sites (tertiary alicyclic amines) is 1. The number of carbonyl (C=O) groups is 3. The van der Waals surface area contributed by atoms with Gasteiger partial charge in [0.15, 0.2) is 5.82 Å². The van der Waals surface area contributed by atoms with Gasteiger partial charge in [0.1, 0.15) is 6.04 Å². The number of aryl methyl sites for hydroxylation is 2. The summed E-state index contributed by atoms with van der Waals surface area (Å²) in [5, 5.41) is 28.5. The molecule has 12 nitrogen and oxygen atoms in total. The number of benzene rings is 2. The summed E-state index contributed by atoms with van der Waals surface area (Å²) in [6.45, 7) is 0.132. The summed E-state index contributed by atoms with van der Waals surface area (Å²) in [5.41, 5.74) is 14.5. The molecule has 0 bridgehead atoms.